The van der Waals surface area contributed by atoms with Gasteiger partial charge >= 0.3 is 29.6 Å². The molecule has 0 N–H and O–H groups in total. The van der Waals surface area contributed by atoms with Gasteiger partial charge in [0.2, 0.25) is 0 Å². The van der Waals surface area contributed by atoms with E-state index in [0.29, 0.717) is 0 Å². The van der Waals surface area contributed by atoms with Crippen molar-refractivity contribution in [2.75, 3.05) is 0 Å². The van der Waals surface area contributed by atoms with E-state index in [1.807, 2.05) is 0 Å². The fraction of sp³-hybridized carbons (Fsp3) is 0. The molecular formula is C7H5NaO5S. The van der Waals surface area contributed by atoms with Crippen molar-refractivity contribution in [2.24, 2.45) is 0 Å². The molecule has 14 heavy (non-hydrogen) atoms. The molecule has 1 rings (SSSR count). The average molecular weight is 224 g/mol. The van der Waals surface area contributed by atoms with Crippen molar-refractivity contribution in [1.82, 2.24) is 0 Å². The summed E-state index contributed by atoms with van der Waals surface area (Å²) in [6.07, 6.45) is 0. The van der Waals surface area contributed by atoms with Gasteiger partial charge in [-0.05, 0) is 24.3 Å². The van der Waals surface area contributed by atoms with Crippen LogP contribution in [-0.2, 0) is 14.9 Å². The number of carbonyl (C=O) groups excluding carboxylic acids is 1. The van der Waals surface area contributed by atoms with Crippen LogP contribution in [0.15, 0.2) is 29.2 Å². The quantitative estimate of drug-likeness (QED) is 0.313. The molecule has 0 bridgehead atoms. The summed E-state index contributed by atoms with van der Waals surface area (Å²) in [6.45, 7) is 0.209. The zero-order valence-corrected chi connectivity index (χ0v) is 10.2. The molecule has 0 saturated carbocycles. The standard InChI is InChI=1S/C7H6O5S.Na/c8-5-12-6-1-3-7(4-2-6)13(9,10)11;/h1-5H,(H,9,10,11);/q;+1/p-1. The van der Waals surface area contributed by atoms with Crippen molar-refractivity contribution in [3.8, 4) is 5.75 Å². The molecule has 70 valence electrons. The molecule has 0 heterocycles. The van der Waals surface area contributed by atoms with Gasteiger partial charge in [0.25, 0.3) is 6.47 Å². The van der Waals surface area contributed by atoms with Gasteiger partial charge in [-0.15, -0.1) is 0 Å². The normalized spacial score (nSPS) is 10.1. The van der Waals surface area contributed by atoms with Crippen LogP contribution in [0.25, 0.3) is 0 Å². The SMILES string of the molecule is O=COc1ccc(S(=O)(=O)[O-])cc1.[Na+]. The third kappa shape index (κ3) is 3.77. The second-order valence-corrected chi connectivity index (χ2v) is 3.52. The minimum absolute atomic E-state index is 0. The van der Waals surface area contributed by atoms with Gasteiger partial charge in [0.15, 0.2) is 0 Å². The molecule has 0 radical (unpaired) electrons. The summed E-state index contributed by atoms with van der Waals surface area (Å²) in [5, 5.41) is 0. The van der Waals surface area contributed by atoms with Crippen LogP contribution >= 0.6 is 0 Å². The predicted octanol–water partition coefficient (Wildman–Crippen LogP) is -2.87. The van der Waals surface area contributed by atoms with Gasteiger partial charge in [-0.2, -0.15) is 0 Å². The van der Waals surface area contributed by atoms with Crippen LogP contribution in [0.5, 0.6) is 5.75 Å². The van der Waals surface area contributed by atoms with Crippen LogP contribution < -0.4 is 34.3 Å². The van der Waals surface area contributed by atoms with Gasteiger partial charge in [-0.25, -0.2) is 8.42 Å². The first-order valence-electron chi connectivity index (χ1n) is 3.20. The van der Waals surface area contributed by atoms with E-state index in [2.05, 4.69) is 4.74 Å². The second kappa shape index (κ2) is 5.47. The molecule has 0 amide bonds. The Morgan fingerprint density at radius 2 is 1.71 bits per heavy atom. The Morgan fingerprint density at radius 3 is 2.07 bits per heavy atom. The van der Waals surface area contributed by atoms with E-state index < -0.39 is 10.1 Å². The number of benzene rings is 1. The smallest absolute Gasteiger partial charge is 0.744 e. The largest absolute Gasteiger partial charge is 1.00 e. The molecule has 7 heteroatoms. The summed E-state index contributed by atoms with van der Waals surface area (Å²) in [5.74, 6) is 0.183. The van der Waals surface area contributed by atoms with Crippen LogP contribution in [0.3, 0.4) is 0 Å². The van der Waals surface area contributed by atoms with Gasteiger partial charge in [0.1, 0.15) is 15.9 Å². The molecule has 0 saturated heterocycles. The second-order valence-electron chi connectivity index (χ2n) is 2.14. The Hall–Kier alpha value is -0.400. The number of hydrogen-bond donors (Lipinski definition) is 0. The zero-order valence-electron chi connectivity index (χ0n) is 7.34. The molecule has 0 unspecified atom stereocenters. The van der Waals surface area contributed by atoms with E-state index in [-0.39, 0.29) is 46.7 Å². The van der Waals surface area contributed by atoms with E-state index in [1.165, 1.54) is 12.1 Å². The Labute approximate surface area is 103 Å². The summed E-state index contributed by atoms with van der Waals surface area (Å²) in [6, 6.07) is 4.58. The molecular weight excluding hydrogens is 219 g/mol. The number of ether oxygens (including phenoxy) is 1. The molecule has 0 spiro atoms. The minimum Gasteiger partial charge on any atom is -0.744 e. The molecule has 1 aromatic rings. The minimum atomic E-state index is -4.43. The maximum Gasteiger partial charge on any atom is 1.00 e. The van der Waals surface area contributed by atoms with Gasteiger partial charge in [-0.3, -0.25) is 4.79 Å². The van der Waals surface area contributed by atoms with Gasteiger partial charge in [0, 0.05) is 0 Å². The van der Waals surface area contributed by atoms with E-state index in [9.17, 15) is 17.8 Å². The van der Waals surface area contributed by atoms with Gasteiger partial charge in [0.05, 0.1) is 4.90 Å². The molecule has 0 fully saturated rings. The Bertz CT molecular complexity index is 397. The van der Waals surface area contributed by atoms with E-state index in [1.54, 1.807) is 0 Å². The summed E-state index contributed by atoms with van der Waals surface area (Å²) in [7, 11) is -4.43. The van der Waals surface area contributed by atoms with Gasteiger partial charge < -0.3 is 9.29 Å². The first kappa shape index (κ1) is 13.6. The van der Waals surface area contributed by atoms with Crippen molar-refractivity contribution in [2.45, 2.75) is 4.90 Å². The number of carbonyl (C=O) groups is 1. The Kier molecular flexibility index (Phi) is 5.32. The van der Waals surface area contributed by atoms with Crippen LogP contribution in [0.2, 0.25) is 0 Å². The van der Waals surface area contributed by atoms with Crippen molar-refractivity contribution < 1.29 is 52.1 Å². The molecule has 0 aliphatic heterocycles. The third-order valence-electron chi connectivity index (χ3n) is 1.30. The summed E-state index contributed by atoms with van der Waals surface area (Å²) in [4.78, 5) is 9.50. The molecule has 5 nitrogen and oxygen atoms in total. The first-order valence-corrected chi connectivity index (χ1v) is 4.61. The van der Waals surface area contributed by atoms with Crippen molar-refractivity contribution in [3.63, 3.8) is 0 Å². The Morgan fingerprint density at radius 1 is 1.21 bits per heavy atom. The number of hydrogen-bond acceptors (Lipinski definition) is 5. The zero-order chi connectivity index (χ0) is 9.90. The fourth-order valence-electron chi connectivity index (χ4n) is 0.740. The summed E-state index contributed by atoms with van der Waals surface area (Å²) >= 11 is 0. The van der Waals surface area contributed by atoms with E-state index in [4.69, 9.17) is 0 Å². The van der Waals surface area contributed by atoms with Crippen LogP contribution in [0.4, 0.5) is 0 Å². The molecule has 0 aliphatic rings. The summed E-state index contributed by atoms with van der Waals surface area (Å²) in [5.41, 5.74) is 0. The first-order chi connectivity index (χ1) is 6.04. The molecule has 1 aromatic carbocycles. The van der Waals surface area contributed by atoms with E-state index >= 15 is 0 Å². The maximum atomic E-state index is 10.4. The monoisotopic (exact) mass is 224 g/mol. The van der Waals surface area contributed by atoms with Crippen LogP contribution in [0.1, 0.15) is 0 Å². The average Bonchev–Trinajstić information content (AvgIpc) is 2.04. The fourth-order valence-corrected chi connectivity index (χ4v) is 1.21. The van der Waals surface area contributed by atoms with E-state index in [0.717, 1.165) is 12.1 Å². The Balaban J connectivity index is 0.00000169. The van der Waals surface area contributed by atoms with Gasteiger partial charge in [-0.1, -0.05) is 0 Å². The predicted molar refractivity (Wildman–Crippen MR) is 41.1 cm³/mol. The molecule has 0 aliphatic carbocycles. The van der Waals surface area contributed by atoms with Crippen molar-refractivity contribution >= 4 is 16.6 Å². The van der Waals surface area contributed by atoms with Crippen LogP contribution in [0, 0.1) is 0 Å². The summed E-state index contributed by atoms with van der Waals surface area (Å²) < 4.78 is 35.7. The van der Waals surface area contributed by atoms with Crippen molar-refractivity contribution in [3.05, 3.63) is 24.3 Å². The molecule has 0 atom stereocenters. The van der Waals surface area contributed by atoms with Crippen molar-refractivity contribution in [1.29, 1.82) is 0 Å². The third-order valence-corrected chi connectivity index (χ3v) is 2.15. The molecule has 0 aromatic heterocycles. The number of rotatable bonds is 3. The maximum absolute atomic E-state index is 10.4. The topological polar surface area (TPSA) is 83.5 Å². The van der Waals surface area contributed by atoms with Crippen LogP contribution in [-0.4, -0.2) is 19.4 Å².